The molecule has 3 heteroatoms. The van der Waals surface area contributed by atoms with E-state index in [9.17, 15) is 0 Å². The fraction of sp³-hybridized carbons (Fsp3) is 0.0833. The van der Waals surface area contributed by atoms with Crippen LogP contribution in [0.5, 0.6) is 0 Å². The van der Waals surface area contributed by atoms with E-state index in [1.807, 2.05) is 42.5 Å². The summed E-state index contributed by atoms with van der Waals surface area (Å²) in [6.45, 7) is 0. The van der Waals surface area contributed by atoms with Crippen molar-refractivity contribution in [3.63, 3.8) is 0 Å². The molecule has 0 amide bonds. The van der Waals surface area contributed by atoms with Crippen LogP contribution in [0.4, 0.5) is 0 Å². The SMILES string of the molecule is C[NH-].[Y].[c-]1cccc(-c2ccccn2)c1. The maximum absolute atomic E-state index is 5.75. The van der Waals surface area contributed by atoms with Crippen molar-refractivity contribution in [2.75, 3.05) is 7.05 Å². The van der Waals surface area contributed by atoms with Gasteiger partial charge in [0.15, 0.2) is 0 Å². The van der Waals surface area contributed by atoms with Gasteiger partial charge in [-0.05, 0) is 12.1 Å². The Labute approximate surface area is 116 Å². The Bertz CT molecular complexity index is 311. The van der Waals surface area contributed by atoms with Gasteiger partial charge in [0.2, 0.25) is 0 Å². The van der Waals surface area contributed by atoms with E-state index < -0.39 is 0 Å². The van der Waals surface area contributed by atoms with Crippen molar-refractivity contribution >= 4 is 0 Å². The predicted molar refractivity (Wildman–Crippen MR) is 58.8 cm³/mol. The van der Waals surface area contributed by atoms with Crippen molar-refractivity contribution < 1.29 is 32.7 Å². The van der Waals surface area contributed by atoms with Crippen molar-refractivity contribution in [1.29, 1.82) is 0 Å². The number of nitrogens with one attached hydrogen (secondary N) is 1. The van der Waals surface area contributed by atoms with Gasteiger partial charge >= 0.3 is 0 Å². The van der Waals surface area contributed by atoms with Crippen LogP contribution in [0, 0.1) is 6.07 Å². The van der Waals surface area contributed by atoms with E-state index in [1.165, 1.54) is 7.05 Å². The maximum Gasteiger partial charge on any atom is 0.0262 e. The first-order chi connectivity index (χ1) is 6.97. The molecule has 0 aliphatic rings. The second-order valence-corrected chi connectivity index (χ2v) is 2.51. The van der Waals surface area contributed by atoms with E-state index in [0.29, 0.717) is 0 Å². The molecule has 1 N–H and O–H groups in total. The number of aromatic nitrogens is 1. The van der Waals surface area contributed by atoms with Crippen LogP contribution in [0.25, 0.3) is 17.0 Å². The van der Waals surface area contributed by atoms with Crippen LogP contribution in [0.2, 0.25) is 0 Å². The Hall–Kier alpha value is -0.566. The number of pyridine rings is 1. The summed E-state index contributed by atoms with van der Waals surface area (Å²) in [5.41, 5.74) is 7.85. The van der Waals surface area contributed by atoms with Gasteiger partial charge in [-0.25, -0.2) is 0 Å². The summed E-state index contributed by atoms with van der Waals surface area (Å²) in [6.07, 6.45) is 1.79. The van der Waals surface area contributed by atoms with Crippen molar-refractivity contribution in [3.05, 3.63) is 60.5 Å². The second kappa shape index (κ2) is 8.72. The van der Waals surface area contributed by atoms with Crippen molar-refractivity contribution in [3.8, 4) is 11.3 Å². The average Bonchev–Trinajstić information content (AvgIpc) is 2.34. The minimum absolute atomic E-state index is 0. The zero-order valence-electron chi connectivity index (χ0n) is 8.64. The fourth-order valence-electron chi connectivity index (χ4n) is 1.09. The Balaban J connectivity index is 0.000000617. The summed E-state index contributed by atoms with van der Waals surface area (Å²) in [5, 5.41) is 0. The van der Waals surface area contributed by atoms with Crippen LogP contribution < -0.4 is 0 Å². The van der Waals surface area contributed by atoms with E-state index in [1.54, 1.807) is 6.20 Å². The van der Waals surface area contributed by atoms with Crippen LogP contribution in [-0.2, 0) is 32.7 Å². The largest absolute Gasteiger partial charge is 0.680 e. The van der Waals surface area contributed by atoms with Crippen molar-refractivity contribution in [2.24, 2.45) is 0 Å². The standard InChI is InChI=1S/C11H8N.CH4N.Y/c1-2-6-10(7-3-1)11-8-4-5-9-12-11;1-2;/h1-2,4-9H;2H,1H3;/q2*-1;. The van der Waals surface area contributed by atoms with Gasteiger partial charge in [-0.2, -0.15) is 37.4 Å². The first-order valence-corrected chi connectivity index (χ1v) is 4.34. The molecule has 0 atom stereocenters. The monoisotopic (exact) mass is 273 g/mol. The Morgan fingerprint density at radius 1 is 1.13 bits per heavy atom. The minimum Gasteiger partial charge on any atom is -0.680 e. The van der Waals surface area contributed by atoms with Gasteiger partial charge in [0.25, 0.3) is 0 Å². The smallest absolute Gasteiger partial charge is 0.0262 e. The van der Waals surface area contributed by atoms with E-state index >= 15 is 0 Å². The molecule has 2 aromatic rings. The molecular formula is C12H12N2Y-2. The van der Waals surface area contributed by atoms with Crippen LogP contribution in [0.3, 0.4) is 0 Å². The zero-order chi connectivity index (χ0) is 10.2. The topological polar surface area (TPSA) is 36.7 Å². The summed E-state index contributed by atoms with van der Waals surface area (Å²) in [7, 11) is 1.25. The maximum atomic E-state index is 5.75. The van der Waals surface area contributed by atoms with E-state index in [0.717, 1.165) is 11.3 Å². The molecule has 0 fully saturated rings. The quantitative estimate of drug-likeness (QED) is 0.735. The molecule has 0 saturated carbocycles. The van der Waals surface area contributed by atoms with Gasteiger partial charge in [-0.1, -0.05) is 6.07 Å². The fourth-order valence-corrected chi connectivity index (χ4v) is 1.09. The summed E-state index contributed by atoms with van der Waals surface area (Å²) in [6, 6.07) is 16.7. The van der Waals surface area contributed by atoms with Crippen molar-refractivity contribution in [2.45, 2.75) is 0 Å². The molecule has 15 heavy (non-hydrogen) atoms. The van der Waals surface area contributed by atoms with Crippen LogP contribution >= 0.6 is 0 Å². The Morgan fingerprint density at radius 2 is 1.93 bits per heavy atom. The number of nitrogens with zero attached hydrogens (tertiary/aromatic N) is 1. The molecule has 0 unspecified atom stereocenters. The molecule has 2 nitrogen and oxygen atoms in total. The normalized spacial score (nSPS) is 8.13. The number of hydrogen-bond acceptors (Lipinski definition) is 1. The number of rotatable bonds is 1. The van der Waals surface area contributed by atoms with E-state index in [2.05, 4.69) is 11.1 Å². The van der Waals surface area contributed by atoms with Crippen LogP contribution in [0.1, 0.15) is 0 Å². The predicted octanol–water partition coefficient (Wildman–Crippen LogP) is 3.21. The molecule has 0 bridgehead atoms. The first-order valence-electron chi connectivity index (χ1n) is 4.34. The first kappa shape index (κ1) is 14.4. The van der Waals surface area contributed by atoms with Crippen LogP contribution in [0.15, 0.2) is 48.7 Å². The molecule has 1 heterocycles. The molecule has 75 valence electrons. The van der Waals surface area contributed by atoms with Gasteiger partial charge in [-0.15, -0.1) is 5.56 Å². The van der Waals surface area contributed by atoms with Gasteiger partial charge in [0, 0.05) is 44.6 Å². The van der Waals surface area contributed by atoms with E-state index in [-0.39, 0.29) is 32.7 Å². The minimum atomic E-state index is 0. The number of benzene rings is 1. The molecular weight excluding hydrogens is 261 g/mol. The Kier molecular flexibility index (Phi) is 8.39. The van der Waals surface area contributed by atoms with Gasteiger partial charge < -0.3 is 5.73 Å². The molecule has 0 saturated heterocycles. The molecule has 1 aromatic carbocycles. The van der Waals surface area contributed by atoms with Gasteiger partial charge in [-0.3, -0.25) is 4.98 Å². The zero-order valence-corrected chi connectivity index (χ0v) is 11.5. The molecule has 0 aliphatic carbocycles. The summed E-state index contributed by atoms with van der Waals surface area (Å²) in [4.78, 5) is 4.23. The average molecular weight is 273 g/mol. The van der Waals surface area contributed by atoms with E-state index in [4.69, 9.17) is 5.73 Å². The third-order valence-corrected chi connectivity index (χ3v) is 1.67. The van der Waals surface area contributed by atoms with Gasteiger partial charge in [0.1, 0.15) is 0 Å². The second-order valence-electron chi connectivity index (χ2n) is 2.51. The Morgan fingerprint density at radius 3 is 2.47 bits per heavy atom. The molecule has 2 rings (SSSR count). The summed E-state index contributed by atoms with van der Waals surface area (Å²) < 4.78 is 0. The van der Waals surface area contributed by atoms with Crippen LogP contribution in [-0.4, -0.2) is 12.0 Å². The molecule has 1 radical (unpaired) electrons. The summed E-state index contributed by atoms with van der Waals surface area (Å²) >= 11 is 0. The molecule has 0 aliphatic heterocycles. The van der Waals surface area contributed by atoms with Gasteiger partial charge in [0.05, 0.1) is 0 Å². The van der Waals surface area contributed by atoms with Crippen molar-refractivity contribution in [1.82, 2.24) is 4.98 Å². The summed E-state index contributed by atoms with van der Waals surface area (Å²) in [5.74, 6) is 0. The molecule has 1 aromatic heterocycles. The third kappa shape index (κ3) is 4.65. The third-order valence-electron chi connectivity index (χ3n) is 1.67. The molecule has 0 spiro atoms. The number of hydrogen-bond donors (Lipinski definition) is 0.